The summed E-state index contributed by atoms with van der Waals surface area (Å²) < 4.78 is 29.6. The van der Waals surface area contributed by atoms with Gasteiger partial charge in [-0.3, -0.25) is 4.72 Å². The van der Waals surface area contributed by atoms with Crippen LogP contribution in [0.1, 0.15) is 13.3 Å². The zero-order valence-electron chi connectivity index (χ0n) is 10.8. The number of ether oxygens (including phenoxy) is 1. The van der Waals surface area contributed by atoms with Crippen molar-refractivity contribution in [3.05, 3.63) is 24.3 Å². The van der Waals surface area contributed by atoms with Crippen molar-refractivity contribution in [3.8, 4) is 0 Å². The van der Waals surface area contributed by atoms with E-state index in [4.69, 9.17) is 9.88 Å². The molecule has 2 atom stereocenters. The summed E-state index contributed by atoms with van der Waals surface area (Å²) in [6.07, 6.45) is 1.04. The maximum absolute atomic E-state index is 11.0. The van der Waals surface area contributed by atoms with Gasteiger partial charge in [0.2, 0.25) is 0 Å². The molecule has 1 aromatic rings. The Morgan fingerprint density at radius 1 is 1.42 bits per heavy atom. The molecule has 2 rings (SSSR count). The number of nitrogens with one attached hydrogen (secondary N) is 2. The van der Waals surface area contributed by atoms with Gasteiger partial charge in [-0.1, -0.05) is 6.07 Å². The van der Waals surface area contributed by atoms with E-state index in [-0.39, 0.29) is 6.04 Å². The highest BCUT2D eigenvalue weighted by atomic mass is 32.2. The van der Waals surface area contributed by atoms with Gasteiger partial charge in [0.05, 0.1) is 12.3 Å². The van der Waals surface area contributed by atoms with Crippen LogP contribution in [0.15, 0.2) is 24.3 Å². The molecule has 106 valence electrons. The largest absolute Gasteiger partial charge is 0.382 e. The summed E-state index contributed by atoms with van der Waals surface area (Å²) in [5.74, 6) is 0.481. The predicted molar refractivity (Wildman–Crippen MR) is 75.2 cm³/mol. The van der Waals surface area contributed by atoms with Crippen LogP contribution in [0, 0.1) is 5.92 Å². The number of rotatable bonds is 5. The first-order chi connectivity index (χ1) is 8.94. The van der Waals surface area contributed by atoms with E-state index >= 15 is 0 Å². The van der Waals surface area contributed by atoms with Crippen LogP contribution in [0.3, 0.4) is 0 Å². The smallest absolute Gasteiger partial charge is 0.296 e. The van der Waals surface area contributed by atoms with Gasteiger partial charge < -0.3 is 10.1 Å². The molecular formula is C12H19N3O3S. The van der Waals surface area contributed by atoms with Gasteiger partial charge in [-0.25, -0.2) is 5.14 Å². The Morgan fingerprint density at radius 3 is 2.79 bits per heavy atom. The van der Waals surface area contributed by atoms with Crippen LogP contribution in [-0.2, 0) is 14.9 Å². The van der Waals surface area contributed by atoms with Crippen molar-refractivity contribution in [1.82, 2.24) is 0 Å². The molecule has 1 heterocycles. The normalized spacial score (nSPS) is 21.1. The molecule has 19 heavy (non-hydrogen) atoms. The molecule has 0 aromatic heterocycles. The minimum atomic E-state index is -3.74. The highest BCUT2D eigenvalue weighted by Gasteiger charge is 2.22. The summed E-state index contributed by atoms with van der Waals surface area (Å²) in [6.45, 7) is 3.67. The molecule has 1 saturated heterocycles. The van der Waals surface area contributed by atoms with Crippen molar-refractivity contribution < 1.29 is 13.2 Å². The van der Waals surface area contributed by atoms with Gasteiger partial charge in [-0.15, -0.1) is 0 Å². The first kappa shape index (κ1) is 14.1. The molecule has 7 heteroatoms. The molecule has 4 N–H and O–H groups in total. The third-order valence-electron chi connectivity index (χ3n) is 3.19. The summed E-state index contributed by atoms with van der Waals surface area (Å²) in [5.41, 5.74) is 1.30. The fourth-order valence-corrected chi connectivity index (χ4v) is 2.62. The van der Waals surface area contributed by atoms with Crippen LogP contribution in [0.4, 0.5) is 11.4 Å². The van der Waals surface area contributed by atoms with Crippen molar-refractivity contribution >= 4 is 21.6 Å². The summed E-state index contributed by atoms with van der Waals surface area (Å²) in [7, 11) is -3.74. The number of anilines is 2. The zero-order chi connectivity index (χ0) is 13.9. The molecule has 0 saturated carbocycles. The Kier molecular flexibility index (Phi) is 4.28. The summed E-state index contributed by atoms with van der Waals surface area (Å²) in [4.78, 5) is 0. The third kappa shape index (κ3) is 4.38. The van der Waals surface area contributed by atoms with E-state index < -0.39 is 10.2 Å². The molecule has 0 radical (unpaired) electrons. The van der Waals surface area contributed by atoms with Gasteiger partial charge in [0.15, 0.2) is 0 Å². The summed E-state index contributed by atoms with van der Waals surface area (Å²) in [5, 5.41) is 8.30. The molecule has 6 nitrogen and oxygen atoms in total. The van der Waals surface area contributed by atoms with Crippen molar-refractivity contribution in [2.24, 2.45) is 11.1 Å². The molecule has 1 fully saturated rings. The van der Waals surface area contributed by atoms with Gasteiger partial charge in [0.25, 0.3) is 10.2 Å². The molecule has 1 aliphatic heterocycles. The number of hydrogen-bond acceptors (Lipinski definition) is 4. The van der Waals surface area contributed by atoms with Crippen molar-refractivity contribution in [3.63, 3.8) is 0 Å². The molecular weight excluding hydrogens is 266 g/mol. The minimum Gasteiger partial charge on any atom is -0.382 e. The fourth-order valence-electron chi connectivity index (χ4n) is 2.16. The van der Waals surface area contributed by atoms with E-state index in [1.165, 1.54) is 0 Å². The minimum absolute atomic E-state index is 0.271. The Labute approximate surface area is 113 Å². The van der Waals surface area contributed by atoms with Crippen LogP contribution in [0.5, 0.6) is 0 Å². The zero-order valence-corrected chi connectivity index (χ0v) is 11.6. The van der Waals surface area contributed by atoms with Crippen LogP contribution in [0.25, 0.3) is 0 Å². The van der Waals surface area contributed by atoms with Gasteiger partial charge in [0, 0.05) is 24.3 Å². The number of benzene rings is 1. The Hall–Kier alpha value is -1.31. The second kappa shape index (κ2) is 5.77. The highest BCUT2D eigenvalue weighted by molar-refractivity contribution is 7.90. The highest BCUT2D eigenvalue weighted by Crippen LogP contribution is 2.22. The Balaban J connectivity index is 2.02. The predicted octanol–water partition coefficient (Wildman–Crippen LogP) is 1.14. The Morgan fingerprint density at radius 2 is 2.16 bits per heavy atom. The van der Waals surface area contributed by atoms with Gasteiger partial charge >= 0.3 is 0 Å². The lowest BCUT2D eigenvalue weighted by Crippen LogP contribution is -2.26. The third-order valence-corrected chi connectivity index (χ3v) is 3.71. The van der Waals surface area contributed by atoms with E-state index in [0.717, 1.165) is 25.3 Å². The van der Waals surface area contributed by atoms with E-state index in [9.17, 15) is 8.42 Å². The van der Waals surface area contributed by atoms with Crippen molar-refractivity contribution in [2.75, 3.05) is 23.3 Å². The van der Waals surface area contributed by atoms with E-state index in [0.29, 0.717) is 11.6 Å². The van der Waals surface area contributed by atoms with Crippen LogP contribution < -0.4 is 15.2 Å². The second-order valence-electron chi connectivity index (χ2n) is 4.78. The number of nitrogens with two attached hydrogens (primary N) is 1. The quantitative estimate of drug-likeness (QED) is 0.756. The lowest BCUT2D eigenvalue weighted by Gasteiger charge is -2.20. The van der Waals surface area contributed by atoms with Crippen LogP contribution in [0.2, 0.25) is 0 Å². The lowest BCUT2D eigenvalue weighted by molar-refractivity contribution is 0.183. The molecule has 0 bridgehead atoms. The molecule has 1 aliphatic rings. The topological polar surface area (TPSA) is 93.5 Å². The monoisotopic (exact) mass is 285 g/mol. The standard InChI is InChI=1S/C12H19N3O3S/c1-9(10-5-6-18-8-10)14-11-3-2-4-12(7-11)15-19(13,16)17/h2-4,7,9-10,14-15H,5-6,8H2,1H3,(H2,13,16,17). The molecule has 0 amide bonds. The maximum atomic E-state index is 11.0. The fraction of sp³-hybridized carbons (Fsp3) is 0.500. The first-order valence-electron chi connectivity index (χ1n) is 6.19. The van der Waals surface area contributed by atoms with Gasteiger partial charge in [-0.05, 0) is 31.5 Å². The lowest BCUT2D eigenvalue weighted by atomic mass is 10.0. The van der Waals surface area contributed by atoms with Crippen molar-refractivity contribution in [2.45, 2.75) is 19.4 Å². The summed E-state index contributed by atoms with van der Waals surface area (Å²) in [6, 6.07) is 7.30. The van der Waals surface area contributed by atoms with Gasteiger partial charge in [0.1, 0.15) is 0 Å². The van der Waals surface area contributed by atoms with E-state index in [1.54, 1.807) is 18.2 Å². The van der Waals surface area contributed by atoms with Gasteiger partial charge in [-0.2, -0.15) is 8.42 Å². The Bertz CT molecular complexity index is 527. The van der Waals surface area contributed by atoms with Crippen LogP contribution >= 0.6 is 0 Å². The first-order valence-corrected chi connectivity index (χ1v) is 7.73. The molecule has 0 spiro atoms. The molecule has 0 aliphatic carbocycles. The van der Waals surface area contributed by atoms with E-state index in [1.807, 2.05) is 6.07 Å². The maximum Gasteiger partial charge on any atom is 0.296 e. The SMILES string of the molecule is CC(Nc1cccc(NS(N)(=O)=O)c1)C1CCOC1. The molecule has 2 unspecified atom stereocenters. The average Bonchev–Trinajstić information content (AvgIpc) is 2.80. The number of hydrogen-bond donors (Lipinski definition) is 3. The second-order valence-corrected chi connectivity index (χ2v) is 6.08. The van der Waals surface area contributed by atoms with Crippen molar-refractivity contribution in [1.29, 1.82) is 0 Å². The van der Waals surface area contributed by atoms with E-state index in [2.05, 4.69) is 17.0 Å². The molecule has 1 aromatic carbocycles. The van der Waals surface area contributed by atoms with Crippen LogP contribution in [-0.4, -0.2) is 27.7 Å². The summed E-state index contributed by atoms with van der Waals surface area (Å²) >= 11 is 0. The average molecular weight is 285 g/mol.